The Morgan fingerprint density at radius 2 is 2.19 bits per heavy atom. The van der Waals surface area contributed by atoms with Crippen LogP contribution in [0.4, 0.5) is 10.1 Å². The molecule has 0 aliphatic heterocycles. The molecule has 2 rings (SSSR count). The predicted molar refractivity (Wildman–Crippen MR) is 86.9 cm³/mol. The molecule has 0 saturated heterocycles. The molecule has 1 heterocycles. The van der Waals surface area contributed by atoms with E-state index in [0.717, 1.165) is 25.1 Å². The van der Waals surface area contributed by atoms with Gasteiger partial charge in [-0.25, -0.2) is 4.39 Å². The molecule has 0 unspecified atom stereocenters. The standard InChI is InChI=1S/C15H19FN4S/c1-2-3-8-17-15(21)19-13-9-18-20(11-13)10-12-6-4-5-7-14(12)16/h4-7,9,11H,2-3,8,10H2,1H3,(H2,17,19,21). The van der Waals surface area contributed by atoms with Crippen molar-refractivity contribution in [1.82, 2.24) is 15.1 Å². The number of hydrogen-bond donors (Lipinski definition) is 2. The maximum atomic E-state index is 13.6. The van der Waals surface area contributed by atoms with Gasteiger partial charge in [0.1, 0.15) is 5.82 Å². The Morgan fingerprint density at radius 1 is 1.38 bits per heavy atom. The average Bonchev–Trinajstić information content (AvgIpc) is 2.89. The first kappa shape index (κ1) is 15.4. The summed E-state index contributed by atoms with van der Waals surface area (Å²) in [6.07, 6.45) is 5.68. The summed E-state index contributed by atoms with van der Waals surface area (Å²) < 4.78 is 15.3. The van der Waals surface area contributed by atoms with Gasteiger partial charge in [-0.1, -0.05) is 31.5 Å². The quantitative estimate of drug-likeness (QED) is 0.635. The van der Waals surface area contributed by atoms with Crippen LogP contribution < -0.4 is 10.6 Å². The fraction of sp³-hybridized carbons (Fsp3) is 0.333. The lowest BCUT2D eigenvalue weighted by Crippen LogP contribution is -2.28. The first-order valence-electron chi connectivity index (χ1n) is 6.99. The monoisotopic (exact) mass is 306 g/mol. The zero-order valence-electron chi connectivity index (χ0n) is 12.0. The van der Waals surface area contributed by atoms with E-state index in [4.69, 9.17) is 12.2 Å². The summed E-state index contributed by atoms with van der Waals surface area (Å²) in [5.41, 5.74) is 1.40. The van der Waals surface area contributed by atoms with Gasteiger partial charge in [0.05, 0.1) is 18.4 Å². The van der Waals surface area contributed by atoms with E-state index in [1.165, 1.54) is 6.07 Å². The smallest absolute Gasteiger partial charge is 0.170 e. The summed E-state index contributed by atoms with van der Waals surface area (Å²) in [7, 11) is 0. The molecule has 1 aromatic heterocycles. The van der Waals surface area contributed by atoms with Crippen LogP contribution in [0.5, 0.6) is 0 Å². The molecule has 1 aromatic carbocycles. The van der Waals surface area contributed by atoms with Crippen LogP contribution in [-0.4, -0.2) is 21.4 Å². The summed E-state index contributed by atoms with van der Waals surface area (Å²) >= 11 is 5.19. The van der Waals surface area contributed by atoms with Crippen molar-refractivity contribution in [2.24, 2.45) is 0 Å². The molecular weight excluding hydrogens is 287 g/mol. The minimum atomic E-state index is -0.223. The van der Waals surface area contributed by atoms with Crippen molar-refractivity contribution in [3.05, 3.63) is 48.0 Å². The first-order chi connectivity index (χ1) is 10.2. The van der Waals surface area contributed by atoms with Gasteiger partial charge in [-0.15, -0.1) is 0 Å². The van der Waals surface area contributed by atoms with E-state index < -0.39 is 0 Å². The van der Waals surface area contributed by atoms with Gasteiger partial charge in [0.15, 0.2) is 5.11 Å². The number of hydrogen-bond acceptors (Lipinski definition) is 2. The number of halogens is 1. The molecule has 4 nitrogen and oxygen atoms in total. The Hall–Kier alpha value is -1.95. The summed E-state index contributed by atoms with van der Waals surface area (Å²) in [6.45, 7) is 3.38. The van der Waals surface area contributed by atoms with Crippen molar-refractivity contribution < 1.29 is 4.39 Å². The van der Waals surface area contributed by atoms with Gasteiger partial charge in [-0.2, -0.15) is 5.10 Å². The SMILES string of the molecule is CCCCNC(=S)Nc1cnn(Cc2ccccc2F)c1. The first-order valence-corrected chi connectivity index (χ1v) is 7.40. The molecule has 0 amide bonds. The number of unbranched alkanes of at least 4 members (excludes halogenated alkanes) is 1. The third-order valence-corrected chi connectivity index (χ3v) is 3.24. The van der Waals surface area contributed by atoms with Gasteiger partial charge in [0.25, 0.3) is 0 Å². The Balaban J connectivity index is 1.89. The fourth-order valence-corrected chi connectivity index (χ4v) is 2.09. The average molecular weight is 306 g/mol. The molecule has 0 bridgehead atoms. The maximum absolute atomic E-state index is 13.6. The van der Waals surface area contributed by atoms with Crippen LogP contribution in [0.3, 0.4) is 0 Å². The van der Waals surface area contributed by atoms with Crippen molar-refractivity contribution >= 4 is 23.0 Å². The van der Waals surface area contributed by atoms with Gasteiger partial charge in [0, 0.05) is 18.3 Å². The van der Waals surface area contributed by atoms with E-state index in [-0.39, 0.29) is 5.82 Å². The summed E-state index contributed by atoms with van der Waals surface area (Å²) in [6, 6.07) is 6.69. The third kappa shape index (κ3) is 4.82. The summed E-state index contributed by atoms with van der Waals surface area (Å²) in [5.74, 6) is -0.223. The van der Waals surface area contributed by atoms with Gasteiger partial charge in [0.2, 0.25) is 0 Å². The zero-order chi connectivity index (χ0) is 15.1. The molecule has 0 aliphatic rings. The normalized spacial score (nSPS) is 10.4. The lowest BCUT2D eigenvalue weighted by Gasteiger charge is -2.07. The molecule has 2 aromatic rings. The van der Waals surface area contributed by atoms with Crippen molar-refractivity contribution in [3.63, 3.8) is 0 Å². The molecule has 21 heavy (non-hydrogen) atoms. The molecule has 6 heteroatoms. The second-order valence-corrected chi connectivity index (χ2v) is 5.16. The van der Waals surface area contributed by atoms with Gasteiger partial charge in [-0.05, 0) is 24.7 Å². The number of nitrogens with zero attached hydrogens (tertiary/aromatic N) is 2. The highest BCUT2D eigenvalue weighted by molar-refractivity contribution is 7.80. The summed E-state index contributed by atoms with van der Waals surface area (Å²) in [4.78, 5) is 0. The van der Waals surface area contributed by atoms with Crippen LogP contribution in [0.25, 0.3) is 0 Å². The van der Waals surface area contributed by atoms with E-state index in [2.05, 4.69) is 22.7 Å². The lowest BCUT2D eigenvalue weighted by molar-refractivity contribution is 0.585. The highest BCUT2D eigenvalue weighted by Gasteiger charge is 2.04. The number of anilines is 1. The van der Waals surface area contributed by atoms with Crippen LogP contribution in [0.1, 0.15) is 25.3 Å². The molecule has 0 saturated carbocycles. The zero-order valence-corrected chi connectivity index (χ0v) is 12.8. The molecule has 0 spiro atoms. The van der Waals surface area contributed by atoms with Crippen LogP contribution in [-0.2, 0) is 6.54 Å². The van der Waals surface area contributed by atoms with Crippen LogP contribution in [0, 0.1) is 5.82 Å². The molecule has 0 aliphatic carbocycles. The number of thiocarbonyl (C=S) groups is 1. The Morgan fingerprint density at radius 3 is 2.95 bits per heavy atom. The molecular formula is C15H19FN4S. The molecule has 2 N–H and O–H groups in total. The van der Waals surface area contributed by atoms with Crippen molar-refractivity contribution in [2.45, 2.75) is 26.3 Å². The van der Waals surface area contributed by atoms with E-state index in [1.54, 1.807) is 29.2 Å². The Bertz CT molecular complexity index is 597. The molecule has 0 atom stereocenters. The number of benzene rings is 1. The minimum absolute atomic E-state index is 0.223. The van der Waals surface area contributed by atoms with Crippen molar-refractivity contribution in [1.29, 1.82) is 0 Å². The number of aromatic nitrogens is 2. The highest BCUT2D eigenvalue weighted by Crippen LogP contribution is 2.10. The van der Waals surface area contributed by atoms with Crippen molar-refractivity contribution in [3.8, 4) is 0 Å². The fourth-order valence-electron chi connectivity index (χ4n) is 1.87. The highest BCUT2D eigenvalue weighted by atomic mass is 32.1. The largest absolute Gasteiger partial charge is 0.362 e. The number of nitrogens with one attached hydrogen (secondary N) is 2. The van der Waals surface area contributed by atoms with Gasteiger partial charge in [-0.3, -0.25) is 4.68 Å². The third-order valence-electron chi connectivity index (χ3n) is 3.00. The number of rotatable bonds is 6. The lowest BCUT2D eigenvalue weighted by atomic mass is 10.2. The summed E-state index contributed by atoms with van der Waals surface area (Å²) in [5, 5.41) is 11.0. The Labute approximate surface area is 129 Å². The van der Waals surface area contributed by atoms with Gasteiger partial charge >= 0.3 is 0 Å². The Kier molecular flexibility index (Phi) is 5.68. The van der Waals surface area contributed by atoms with E-state index in [1.807, 2.05) is 6.07 Å². The molecule has 0 fully saturated rings. The van der Waals surface area contributed by atoms with Crippen LogP contribution in [0.15, 0.2) is 36.7 Å². The van der Waals surface area contributed by atoms with Crippen molar-refractivity contribution in [2.75, 3.05) is 11.9 Å². The molecule has 0 radical (unpaired) electrons. The second kappa shape index (κ2) is 7.73. The van der Waals surface area contributed by atoms with Crippen LogP contribution in [0.2, 0.25) is 0 Å². The van der Waals surface area contributed by atoms with Crippen LogP contribution >= 0.6 is 12.2 Å². The second-order valence-electron chi connectivity index (χ2n) is 4.75. The minimum Gasteiger partial charge on any atom is -0.362 e. The van der Waals surface area contributed by atoms with Gasteiger partial charge < -0.3 is 10.6 Å². The molecule has 112 valence electrons. The maximum Gasteiger partial charge on any atom is 0.170 e. The van der Waals surface area contributed by atoms with E-state index >= 15 is 0 Å². The van der Waals surface area contributed by atoms with E-state index in [9.17, 15) is 4.39 Å². The topological polar surface area (TPSA) is 41.9 Å². The van der Waals surface area contributed by atoms with E-state index in [0.29, 0.717) is 17.2 Å². The predicted octanol–water partition coefficient (Wildman–Crippen LogP) is 3.16.